The highest BCUT2D eigenvalue weighted by atomic mass is 16.5. The van der Waals surface area contributed by atoms with Crippen LogP contribution in [0.15, 0.2) is 42.5 Å². The lowest BCUT2D eigenvalue weighted by Gasteiger charge is -2.25. The van der Waals surface area contributed by atoms with Crippen molar-refractivity contribution in [2.45, 2.75) is 26.8 Å². The first-order valence-corrected chi connectivity index (χ1v) is 9.44. The molecule has 0 aromatic heterocycles. The Hall–Kier alpha value is -3.20. The Morgan fingerprint density at radius 3 is 2.36 bits per heavy atom. The maximum absolute atomic E-state index is 12.5. The predicted molar refractivity (Wildman–Crippen MR) is 111 cm³/mol. The average molecular weight is 381 g/mol. The summed E-state index contributed by atoms with van der Waals surface area (Å²) in [7, 11) is 1.36. The van der Waals surface area contributed by atoms with Gasteiger partial charge in [-0.1, -0.05) is 6.07 Å². The summed E-state index contributed by atoms with van der Waals surface area (Å²) in [5.74, 6) is 0.335. The summed E-state index contributed by atoms with van der Waals surface area (Å²) in [5.41, 5.74) is 3.02. The first-order valence-electron chi connectivity index (χ1n) is 9.44. The second kappa shape index (κ2) is 10.2. The van der Waals surface area contributed by atoms with Gasteiger partial charge in [0.25, 0.3) is 0 Å². The van der Waals surface area contributed by atoms with Gasteiger partial charge in [-0.3, -0.25) is 0 Å². The zero-order chi connectivity index (χ0) is 20.5. The minimum Gasteiger partial charge on any atom is -0.492 e. The lowest BCUT2D eigenvalue weighted by Crippen LogP contribution is -2.24. The van der Waals surface area contributed by atoms with Gasteiger partial charge in [0.2, 0.25) is 0 Å². The van der Waals surface area contributed by atoms with Gasteiger partial charge in [-0.2, -0.15) is 5.26 Å². The summed E-state index contributed by atoms with van der Waals surface area (Å²) < 4.78 is 10.8. The number of nitriles is 1. The van der Waals surface area contributed by atoms with Crippen molar-refractivity contribution in [3.05, 3.63) is 53.6 Å². The maximum atomic E-state index is 12.5. The number of anilines is 2. The van der Waals surface area contributed by atoms with E-state index in [1.165, 1.54) is 7.11 Å². The first-order chi connectivity index (χ1) is 13.6. The molecule has 0 saturated heterocycles. The number of ether oxygens (including phenoxy) is 2. The number of benzene rings is 2. The molecule has 1 unspecified atom stereocenters. The molecule has 0 fully saturated rings. The number of rotatable bonds is 9. The molecule has 2 rings (SSSR count). The molecule has 28 heavy (non-hydrogen) atoms. The fraction of sp³-hybridized carbons (Fsp3) is 0.364. The van der Waals surface area contributed by atoms with Gasteiger partial charge in [0.15, 0.2) is 6.04 Å². The van der Waals surface area contributed by atoms with E-state index in [2.05, 4.69) is 30.1 Å². The molecule has 6 heteroatoms. The molecule has 0 bridgehead atoms. The molecule has 1 N–H and O–H groups in total. The summed E-state index contributed by atoms with van der Waals surface area (Å²) in [6.07, 6.45) is 0. The van der Waals surface area contributed by atoms with Crippen LogP contribution in [0.25, 0.3) is 0 Å². The van der Waals surface area contributed by atoms with Gasteiger partial charge in [-0.25, -0.2) is 4.79 Å². The maximum Gasteiger partial charge on any atom is 0.332 e. The summed E-state index contributed by atoms with van der Waals surface area (Å²) in [4.78, 5) is 14.7. The zero-order valence-electron chi connectivity index (χ0n) is 16.9. The predicted octanol–water partition coefficient (Wildman–Crippen LogP) is 4.13. The van der Waals surface area contributed by atoms with E-state index in [0.29, 0.717) is 12.2 Å². The minimum atomic E-state index is -0.692. The summed E-state index contributed by atoms with van der Waals surface area (Å²) in [5, 5.41) is 12.1. The Morgan fingerprint density at radius 2 is 1.82 bits per heavy atom. The highest BCUT2D eigenvalue weighted by molar-refractivity contribution is 5.81. The Bertz CT molecular complexity index is 824. The van der Waals surface area contributed by atoms with E-state index in [1.54, 1.807) is 24.3 Å². The monoisotopic (exact) mass is 381 g/mol. The van der Waals surface area contributed by atoms with Crippen LogP contribution in [0, 0.1) is 11.3 Å². The molecule has 2 aromatic rings. The molecule has 0 heterocycles. The van der Waals surface area contributed by atoms with Crippen LogP contribution in [-0.4, -0.2) is 32.8 Å². The third-order valence-corrected chi connectivity index (χ3v) is 4.48. The van der Waals surface area contributed by atoms with Crippen LogP contribution in [0.1, 0.15) is 37.9 Å². The van der Waals surface area contributed by atoms with Gasteiger partial charge in [0.05, 0.1) is 31.0 Å². The second-order valence-electron chi connectivity index (χ2n) is 6.12. The van der Waals surface area contributed by atoms with Crippen LogP contribution in [0.5, 0.6) is 5.75 Å². The number of carbonyl (C=O) groups is 1. The third kappa shape index (κ3) is 4.95. The molecule has 0 radical (unpaired) electrons. The van der Waals surface area contributed by atoms with Crippen LogP contribution in [0.4, 0.5) is 11.4 Å². The summed E-state index contributed by atoms with van der Waals surface area (Å²) in [6.45, 7) is 8.38. The van der Waals surface area contributed by atoms with E-state index < -0.39 is 12.0 Å². The lowest BCUT2D eigenvalue weighted by molar-refractivity contribution is -0.141. The quantitative estimate of drug-likeness (QED) is 0.658. The van der Waals surface area contributed by atoms with Gasteiger partial charge >= 0.3 is 5.97 Å². The topological polar surface area (TPSA) is 74.6 Å². The van der Waals surface area contributed by atoms with Gasteiger partial charge in [-0.15, -0.1) is 0 Å². The molecule has 0 aliphatic heterocycles. The van der Waals surface area contributed by atoms with Gasteiger partial charge < -0.3 is 19.7 Å². The fourth-order valence-corrected chi connectivity index (χ4v) is 3.01. The molecule has 0 saturated carbocycles. The smallest absolute Gasteiger partial charge is 0.332 e. The number of nitrogens with one attached hydrogen (secondary N) is 1. The Kier molecular flexibility index (Phi) is 7.70. The van der Waals surface area contributed by atoms with Crippen LogP contribution in [-0.2, 0) is 9.53 Å². The molecular formula is C22H27N3O3. The summed E-state index contributed by atoms with van der Waals surface area (Å²) >= 11 is 0. The molecule has 6 nitrogen and oxygen atoms in total. The van der Waals surface area contributed by atoms with E-state index in [9.17, 15) is 4.79 Å². The molecule has 2 aromatic carbocycles. The van der Waals surface area contributed by atoms with Crippen LogP contribution in [0.3, 0.4) is 0 Å². The normalized spacial score (nSPS) is 11.2. The molecular weight excluding hydrogens is 354 g/mol. The van der Waals surface area contributed by atoms with E-state index in [0.717, 1.165) is 35.8 Å². The molecule has 0 amide bonds. The number of esters is 1. The average Bonchev–Trinajstić information content (AvgIpc) is 2.74. The fourth-order valence-electron chi connectivity index (χ4n) is 3.01. The van der Waals surface area contributed by atoms with Crippen molar-refractivity contribution in [3.8, 4) is 11.8 Å². The number of hydrogen-bond donors (Lipinski definition) is 1. The van der Waals surface area contributed by atoms with Crippen molar-refractivity contribution < 1.29 is 14.3 Å². The van der Waals surface area contributed by atoms with E-state index in [-0.39, 0.29) is 0 Å². The SMILES string of the molecule is CCOc1cc(C(Nc2ccc(C#N)cc2)C(=O)OC)ccc1N(CC)CC. The highest BCUT2D eigenvalue weighted by Gasteiger charge is 2.23. The van der Waals surface area contributed by atoms with Gasteiger partial charge in [-0.05, 0) is 62.7 Å². The lowest BCUT2D eigenvalue weighted by atomic mass is 10.0. The number of carbonyl (C=O) groups excluding carboxylic acids is 1. The van der Waals surface area contributed by atoms with Crippen LogP contribution >= 0.6 is 0 Å². The molecule has 148 valence electrons. The van der Waals surface area contributed by atoms with Crippen molar-refractivity contribution in [2.24, 2.45) is 0 Å². The van der Waals surface area contributed by atoms with E-state index in [1.807, 2.05) is 25.1 Å². The molecule has 0 aliphatic carbocycles. The minimum absolute atomic E-state index is 0.401. The van der Waals surface area contributed by atoms with Gasteiger partial charge in [0.1, 0.15) is 5.75 Å². The standard InChI is InChI=1S/C22H27N3O3/c1-5-25(6-2)19-13-10-17(14-20(19)28-7-3)21(22(26)27-4)24-18-11-8-16(15-23)9-12-18/h8-14,21,24H,5-7H2,1-4H3. The first kappa shape index (κ1) is 21.1. The highest BCUT2D eigenvalue weighted by Crippen LogP contribution is 2.33. The summed E-state index contributed by atoms with van der Waals surface area (Å²) in [6, 6.07) is 14.1. The zero-order valence-corrected chi connectivity index (χ0v) is 16.9. The van der Waals surface area contributed by atoms with Crippen molar-refractivity contribution in [2.75, 3.05) is 37.0 Å². The van der Waals surface area contributed by atoms with Crippen molar-refractivity contribution in [1.82, 2.24) is 0 Å². The Labute approximate surface area is 166 Å². The van der Waals surface area contributed by atoms with E-state index in [4.69, 9.17) is 14.7 Å². The van der Waals surface area contributed by atoms with Crippen molar-refractivity contribution in [3.63, 3.8) is 0 Å². The van der Waals surface area contributed by atoms with Crippen molar-refractivity contribution in [1.29, 1.82) is 5.26 Å². The third-order valence-electron chi connectivity index (χ3n) is 4.48. The number of methoxy groups -OCH3 is 1. The Balaban J connectivity index is 2.40. The molecule has 0 aliphatic rings. The second-order valence-corrected chi connectivity index (χ2v) is 6.12. The number of nitrogens with zero attached hydrogens (tertiary/aromatic N) is 2. The van der Waals surface area contributed by atoms with E-state index >= 15 is 0 Å². The Morgan fingerprint density at radius 1 is 1.14 bits per heavy atom. The molecule has 1 atom stereocenters. The van der Waals surface area contributed by atoms with Crippen LogP contribution < -0.4 is 15.0 Å². The van der Waals surface area contributed by atoms with Gasteiger partial charge in [0, 0.05) is 18.8 Å². The largest absolute Gasteiger partial charge is 0.492 e. The number of hydrogen-bond acceptors (Lipinski definition) is 6. The molecule has 0 spiro atoms. The van der Waals surface area contributed by atoms with Crippen molar-refractivity contribution >= 4 is 17.3 Å². The van der Waals surface area contributed by atoms with Crippen LogP contribution in [0.2, 0.25) is 0 Å².